The third-order valence-electron chi connectivity index (χ3n) is 12.4. The van der Waals surface area contributed by atoms with Gasteiger partial charge in [0, 0.05) is 12.8 Å². The molecule has 0 aromatic heterocycles. The van der Waals surface area contributed by atoms with Gasteiger partial charge in [-0.3, -0.25) is 9.59 Å². The number of carbonyl (C=O) groups excluding carboxylic acids is 2. The Bertz CT molecular complexity index is 1240. The molecular weight excluding hydrogens is 835 g/mol. The van der Waals surface area contributed by atoms with E-state index in [0.717, 1.165) is 103 Å². The number of allylic oxidation sites excluding steroid dienone is 7. The van der Waals surface area contributed by atoms with E-state index in [1.54, 1.807) is 6.08 Å². The second-order valence-corrected chi connectivity index (χ2v) is 18.6. The van der Waals surface area contributed by atoms with Crippen LogP contribution >= 0.6 is 0 Å². The van der Waals surface area contributed by atoms with E-state index in [0.29, 0.717) is 19.4 Å². The monoisotopic (exact) mass is 934 g/mol. The van der Waals surface area contributed by atoms with Gasteiger partial charge in [-0.15, -0.1) is 0 Å². The quantitative estimate of drug-likeness (QED) is 0.0149. The highest BCUT2D eigenvalue weighted by molar-refractivity contribution is 5.76. The Balaban J connectivity index is 2.14. The molecule has 1 saturated heterocycles. The number of amides is 1. The summed E-state index contributed by atoms with van der Waals surface area (Å²) >= 11 is 0. The highest BCUT2D eigenvalue weighted by atomic mass is 16.7. The van der Waals surface area contributed by atoms with Crippen LogP contribution in [-0.2, 0) is 23.8 Å². The number of esters is 1. The maximum Gasteiger partial charge on any atom is 0.305 e. The Labute approximate surface area is 402 Å². The van der Waals surface area contributed by atoms with Gasteiger partial charge in [0.05, 0.1) is 32.0 Å². The molecule has 1 aliphatic heterocycles. The highest BCUT2D eigenvalue weighted by Gasteiger charge is 2.44. The normalized spacial score (nSPS) is 20.0. The minimum atomic E-state index is -1.58. The fraction of sp³-hybridized carbons (Fsp3) is 0.818. The Morgan fingerprint density at radius 2 is 1.03 bits per heavy atom. The predicted octanol–water partition coefficient (Wildman–Crippen LogP) is 11.3. The summed E-state index contributed by atoms with van der Waals surface area (Å²) in [5.74, 6) is -0.259. The van der Waals surface area contributed by atoms with Crippen molar-refractivity contribution in [2.75, 3.05) is 19.8 Å². The maximum absolute atomic E-state index is 12.9. The molecule has 1 fully saturated rings. The van der Waals surface area contributed by atoms with Crippen molar-refractivity contribution in [2.24, 2.45) is 0 Å². The molecule has 7 atom stereocenters. The van der Waals surface area contributed by atoms with E-state index in [1.807, 2.05) is 6.08 Å². The number of ether oxygens (including phenoxy) is 3. The minimum Gasteiger partial charge on any atom is -0.466 e. The Hall–Kier alpha value is -2.38. The first kappa shape index (κ1) is 61.6. The smallest absolute Gasteiger partial charge is 0.305 e. The van der Waals surface area contributed by atoms with Gasteiger partial charge in [-0.05, 0) is 77.0 Å². The van der Waals surface area contributed by atoms with Crippen molar-refractivity contribution in [1.82, 2.24) is 5.32 Å². The van der Waals surface area contributed by atoms with Crippen molar-refractivity contribution in [3.05, 3.63) is 48.6 Å². The molecule has 11 nitrogen and oxygen atoms in total. The van der Waals surface area contributed by atoms with E-state index in [1.165, 1.54) is 96.3 Å². The van der Waals surface area contributed by atoms with Gasteiger partial charge in [0.2, 0.25) is 5.91 Å². The Kier molecular flexibility index (Phi) is 42.1. The third-order valence-corrected chi connectivity index (χ3v) is 12.4. The summed E-state index contributed by atoms with van der Waals surface area (Å²) in [4.78, 5) is 25.0. The fourth-order valence-electron chi connectivity index (χ4n) is 8.09. The molecule has 0 aliphatic carbocycles. The molecule has 384 valence electrons. The topological polar surface area (TPSA) is 175 Å². The summed E-state index contributed by atoms with van der Waals surface area (Å²) in [5, 5.41) is 54.0. The summed E-state index contributed by atoms with van der Waals surface area (Å²) in [6.45, 7) is 4.19. The van der Waals surface area contributed by atoms with E-state index in [2.05, 4.69) is 55.6 Å². The second kappa shape index (κ2) is 45.1. The SMILES string of the molecule is CCCCC/C=C/CC/C=C/C(O)C(COC1OC(CO)C(O)C(O)C1O)NC(=O)CCCCCCCC/C=C\C=C/CCCCCOC(=O)CCCCCCCCCCCCCCCC. The molecule has 0 aromatic rings. The fourth-order valence-corrected chi connectivity index (χ4v) is 8.09. The van der Waals surface area contributed by atoms with Gasteiger partial charge >= 0.3 is 5.97 Å². The zero-order valence-corrected chi connectivity index (χ0v) is 41.9. The lowest BCUT2D eigenvalue weighted by Crippen LogP contribution is -2.60. The van der Waals surface area contributed by atoms with Crippen molar-refractivity contribution in [2.45, 2.75) is 269 Å². The molecule has 1 aliphatic rings. The molecular formula is C55H99NO10. The Morgan fingerprint density at radius 1 is 0.561 bits per heavy atom. The van der Waals surface area contributed by atoms with Crippen LogP contribution in [0.4, 0.5) is 0 Å². The van der Waals surface area contributed by atoms with Crippen LogP contribution in [0.15, 0.2) is 48.6 Å². The number of rotatable bonds is 45. The van der Waals surface area contributed by atoms with Crippen molar-refractivity contribution < 1.29 is 49.3 Å². The average molecular weight is 934 g/mol. The van der Waals surface area contributed by atoms with Crippen LogP contribution in [0.25, 0.3) is 0 Å². The number of aliphatic hydroxyl groups is 5. The molecule has 0 saturated carbocycles. The summed E-state index contributed by atoms with van der Waals surface area (Å²) in [7, 11) is 0. The molecule has 0 radical (unpaired) electrons. The van der Waals surface area contributed by atoms with Crippen molar-refractivity contribution >= 4 is 11.9 Å². The predicted molar refractivity (Wildman–Crippen MR) is 269 cm³/mol. The van der Waals surface area contributed by atoms with Crippen LogP contribution in [0, 0.1) is 0 Å². The molecule has 6 N–H and O–H groups in total. The minimum absolute atomic E-state index is 0.0406. The lowest BCUT2D eigenvalue weighted by molar-refractivity contribution is -0.302. The van der Waals surface area contributed by atoms with Crippen molar-refractivity contribution in [1.29, 1.82) is 0 Å². The number of hydrogen-bond acceptors (Lipinski definition) is 10. The molecule has 0 bridgehead atoms. The second-order valence-electron chi connectivity index (χ2n) is 18.6. The average Bonchev–Trinajstić information content (AvgIpc) is 3.31. The van der Waals surface area contributed by atoms with Crippen LogP contribution in [-0.4, -0.2) is 100 Å². The molecule has 1 rings (SSSR count). The highest BCUT2D eigenvalue weighted by Crippen LogP contribution is 2.23. The first-order chi connectivity index (χ1) is 32.2. The standard InChI is InChI=1S/C55H99NO10/c1-3-5-7-9-11-13-14-15-20-23-27-31-35-39-43-51(60)64-44-40-36-32-28-24-21-18-16-17-19-22-26-30-34-38-42-50(59)56-47(48(58)41-37-33-29-25-12-10-8-6-4-2)46-65-55-54(63)53(62)52(61)49(45-57)66-55/h12,16,18,21,24-25,37,41,47-49,52-55,57-58,61-63H,3-11,13-15,17,19-20,22-23,26-36,38-40,42-46H2,1-2H3,(H,56,59)/b18-16-,24-21-,25-12+,41-37+. The zero-order valence-electron chi connectivity index (χ0n) is 41.9. The van der Waals surface area contributed by atoms with E-state index in [9.17, 15) is 35.1 Å². The van der Waals surface area contributed by atoms with Gasteiger partial charge in [-0.25, -0.2) is 0 Å². The largest absolute Gasteiger partial charge is 0.466 e. The van der Waals surface area contributed by atoms with Crippen molar-refractivity contribution in [3.8, 4) is 0 Å². The van der Waals surface area contributed by atoms with Crippen molar-refractivity contribution in [3.63, 3.8) is 0 Å². The number of nitrogens with one attached hydrogen (secondary N) is 1. The molecule has 1 amide bonds. The van der Waals surface area contributed by atoms with Gasteiger partial charge in [-0.1, -0.05) is 184 Å². The van der Waals surface area contributed by atoms with E-state index in [4.69, 9.17) is 14.2 Å². The van der Waals surface area contributed by atoms with E-state index >= 15 is 0 Å². The molecule has 7 unspecified atom stereocenters. The molecule has 0 spiro atoms. The van der Waals surface area contributed by atoms with E-state index in [-0.39, 0.29) is 18.5 Å². The number of unbranched alkanes of at least 4 members (excludes halogenated alkanes) is 26. The lowest BCUT2D eigenvalue weighted by Gasteiger charge is -2.40. The molecule has 0 aromatic carbocycles. The number of hydrogen-bond donors (Lipinski definition) is 6. The van der Waals surface area contributed by atoms with Crippen LogP contribution < -0.4 is 5.32 Å². The summed E-state index contributed by atoms with van der Waals surface area (Å²) in [6, 6.07) is -0.843. The zero-order chi connectivity index (χ0) is 48.1. The van der Waals surface area contributed by atoms with Gasteiger partial charge in [0.25, 0.3) is 0 Å². The van der Waals surface area contributed by atoms with Gasteiger partial charge < -0.3 is 45.1 Å². The van der Waals surface area contributed by atoms with Crippen LogP contribution in [0.5, 0.6) is 0 Å². The first-order valence-electron chi connectivity index (χ1n) is 26.9. The molecule has 1 heterocycles. The summed E-state index contributed by atoms with van der Waals surface area (Å²) in [6.07, 6.45) is 45.0. The van der Waals surface area contributed by atoms with Gasteiger partial charge in [-0.2, -0.15) is 0 Å². The van der Waals surface area contributed by atoms with Gasteiger partial charge in [0.1, 0.15) is 24.4 Å². The van der Waals surface area contributed by atoms with Gasteiger partial charge in [0.15, 0.2) is 6.29 Å². The summed E-state index contributed by atoms with van der Waals surface area (Å²) < 4.78 is 16.6. The number of aliphatic hydroxyl groups excluding tert-OH is 5. The number of carbonyl (C=O) groups is 2. The summed E-state index contributed by atoms with van der Waals surface area (Å²) in [5.41, 5.74) is 0. The van der Waals surface area contributed by atoms with E-state index < -0.39 is 49.5 Å². The first-order valence-corrected chi connectivity index (χ1v) is 26.9. The molecule has 66 heavy (non-hydrogen) atoms. The van der Waals surface area contributed by atoms with Crippen LogP contribution in [0.2, 0.25) is 0 Å². The van der Waals surface area contributed by atoms with Crippen LogP contribution in [0.1, 0.15) is 226 Å². The Morgan fingerprint density at radius 3 is 1.62 bits per heavy atom. The lowest BCUT2D eigenvalue weighted by atomic mass is 9.99. The van der Waals surface area contributed by atoms with Crippen LogP contribution in [0.3, 0.4) is 0 Å². The maximum atomic E-state index is 12.9. The molecule has 11 heteroatoms. The third kappa shape index (κ3) is 34.8.